The van der Waals surface area contributed by atoms with Crippen LogP contribution in [0.15, 0.2) is 24.3 Å². The predicted octanol–water partition coefficient (Wildman–Crippen LogP) is 1.04. The van der Waals surface area contributed by atoms with E-state index >= 15 is 0 Å². The third-order valence-electron chi connectivity index (χ3n) is 2.52. The van der Waals surface area contributed by atoms with Gasteiger partial charge >= 0.3 is 5.97 Å². The standard InChI is InChI=1S/C12H17NO3/c1-9-3-5-10(6-4-9)11(12(15)16)13(2)7-8-14/h3-6,11,14H,7-8H2,1-2H3,(H,15,16). The topological polar surface area (TPSA) is 60.8 Å². The second-order valence-corrected chi connectivity index (χ2v) is 3.86. The van der Waals surface area contributed by atoms with Gasteiger partial charge in [-0.25, -0.2) is 0 Å². The lowest BCUT2D eigenvalue weighted by atomic mass is 10.0. The molecule has 0 amide bonds. The number of nitrogens with zero attached hydrogens (tertiary/aromatic N) is 1. The largest absolute Gasteiger partial charge is 0.480 e. The van der Waals surface area contributed by atoms with Gasteiger partial charge in [0.2, 0.25) is 0 Å². The van der Waals surface area contributed by atoms with Crippen LogP contribution in [0, 0.1) is 6.92 Å². The molecule has 16 heavy (non-hydrogen) atoms. The zero-order valence-corrected chi connectivity index (χ0v) is 9.55. The molecule has 1 rings (SSSR count). The highest BCUT2D eigenvalue weighted by atomic mass is 16.4. The molecule has 0 aliphatic carbocycles. The third kappa shape index (κ3) is 3.05. The molecule has 1 aromatic carbocycles. The van der Waals surface area contributed by atoms with Crippen LogP contribution in [0.25, 0.3) is 0 Å². The van der Waals surface area contributed by atoms with Crippen molar-refractivity contribution in [3.8, 4) is 0 Å². The number of hydrogen-bond acceptors (Lipinski definition) is 3. The second kappa shape index (κ2) is 5.63. The van der Waals surface area contributed by atoms with Crippen molar-refractivity contribution in [2.45, 2.75) is 13.0 Å². The van der Waals surface area contributed by atoms with Crippen molar-refractivity contribution >= 4 is 5.97 Å². The molecule has 4 heteroatoms. The van der Waals surface area contributed by atoms with Crippen LogP contribution in [0.4, 0.5) is 0 Å². The lowest BCUT2D eigenvalue weighted by Gasteiger charge is -2.24. The number of carboxylic acids is 1. The van der Waals surface area contributed by atoms with Gasteiger partial charge < -0.3 is 10.2 Å². The van der Waals surface area contributed by atoms with Crippen LogP contribution in [0.3, 0.4) is 0 Å². The summed E-state index contributed by atoms with van der Waals surface area (Å²) in [6, 6.07) is 6.69. The molecule has 2 N–H and O–H groups in total. The minimum Gasteiger partial charge on any atom is -0.480 e. The van der Waals surface area contributed by atoms with E-state index in [9.17, 15) is 4.79 Å². The third-order valence-corrected chi connectivity index (χ3v) is 2.52. The van der Waals surface area contributed by atoms with Gasteiger partial charge in [0.1, 0.15) is 6.04 Å². The molecule has 4 nitrogen and oxygen atoms in total. The van der Waals surface area contributed by atoms with E-state index in [4.69, 9.17) is 10.2 Å². The number of aliphatic carboxylic acids is 1. The van der Waals surface area contributed by atoms with Crippen LogP contribution < -0.4 is 0 Å². The summed E-state index contributed by atoms with van der Waals surface area (Å²) in [6.07, 6.45) is 0. The zero-order chi connectivity index (χ0) is 12.1. The molecule has 88 valence electrons. The second-order valence-electron chi connectivity index (χ2n) is 3.86. The van der Waals surface area contributed by atoms with Crippen LogP contribution in [-0.4, -0.2) is 41.3 Å². The van der Waals surface area contributed by atoms with Crippen molar-refractivity contribution in [1.29, 1.82) is 0 Å². The molecule has 0 radical (unpaired) electrons. The van der Waals surface area contributed by atoms with E-state index in [2.05, 4.69) is 0 Å². The Labute approximate surface area is 95.1 Å². The molecule has 0 fully saturated rings. The summed E-state index contributed by atoms with van der Waals surface area (Å²) < 4.78 is 0. The first kappa shape index (κ1) is 12.7. The fourth-order valence-corrected chi connectivity index (χ4v) is 1.62. The van der Waals surface area contributed by atoms with Gasteiger partial charge in [0.05, 0.1) is 6.61 Å². The number of rotatable bonds is 5. The molecule has 0 aliphatic rings. The quantitative estimate of drug-likeness (QED) is 0.783. The lowest BCUT2D eigenvalue weighted by Crippen LogP contribution is -2.32. The van der Waals surface area contributed by atoms with E-state index < -0.39 is 12.0 Å². The first-order valence-electron chi connectivity index (χ1n) is 5.16. The van der Waals surface area contributed by atoms with Crippen LogP contribution in [0.5, 0.6) is 0 Å². The van der Waals surface area contributed by atoms with Crippen molar-refractivity contribution in [2.24, 2.45) is 0 Å². The number of aryl methyl sites for hydroxylation is 1. The smallest absolute Gasteiger partial charge is 0.325 e. The Balaban J connectivity index is 2.93. The van der Waals surface area contributed by atoms with Crippen LogP contribution in [0.1, 0.15) is 17.2 Å². The summed E-state index contributed by atoms with van der Waals surface area (Å²) in [6.45, 7) is 2.24. The Hall–Kier alpha value is -1.39. The molecule has 0 heterocycles. The monoisotopic (exact) mass is 223 g/mol. The molecule has 1 unspecified atom stereocenters. The van der Waals surface area contributed by atoms with Crippen molar-refractivity contribution in [1.82, 2.24) is 4.90 Å². The van der Waals surface area contributed by atoms with Crippen LogP contribution >= 0.6 is 0 Å². The van der Waals surface area contributed by atoms with Gasteiger partial charge in [-0.2, -0.15) is 0 Å². The lowest BCUT2D eigenvalue weighted by molar-refractivity contribution is -0.143. The fraction of sp³-hybridized carbons (Fsp3) is 0.417. The summed E-state index contributed by atoms with van der Waals surface area (Å²) in [7, 11) is 1.69. The van der Waals surface area contributed by atoms with Crippen LogP contribution in [0.2, 0.25) is 0 Å². The van der Waals surface area contributed by atoms with Crippen molar-refractivity contribution in [2.75, 3.05) is 20.2 Å². The van der Waals surface area contributed by atoms with Gasteiger partial charge in [-0.1, -0.05) is 29.8 Å². The normalized spacial score (nSPS) is 12.8. The number of benzene rings is 1. The molecule has 0 saturated carbocycles. The maximum atomic E-state index is 11.2. The number of hydrogen-bond donors (Lipinski definition) is 2. The minimum absolute atomic E-state index is 0.0495. The number of aliphatic hydroxyl groups excluding tert-OH is 1. The van der Waals surface area contributed by atoms with Gasteiger partial charge in [0.15, 0.2) is 0 Å². The SMILES string of the molecule is Cc1ccc(C(C(=O)O)N(C)CCO)cc1. The first-order valence-corrected chi connectivity index (χ1v) is 5.16. The summed E-state index contributed by atoms with van der Waals surface area (Å²) in [5.74, 6) is -0.903. The van der Waals surface area contributed by atoms with E-state index in [1.54, 1.807) is 11.9 Å². The van der Waals surface area contributed by atoms with Crippen molar-refractivity contribution < 1.29 is 15.0 Å². The van der Waals surface area contributed by atoms with E-state index in [1.165, 1.54) is 0 Å². The summed E-state index contributed by atoms with van der Waals surface area (Å²) >= 11 is 0. The minimum atomic E-state index is -0.903. The molecule has 0 bridgehead atoms. The number of aliphatic hydroxyl groups is 1. The predicted molar refractivity (Wildman–Crippen MR) is 61.3 cm³/mol. The highest BCUT2D eigenvalue weighted by Crippen LogP contribution is 2.19. The summed E-state index contributed by atoms with van der Waals surface area (Å²) in [5, 5.41) is 18.0. The Morgan fingerprint density at radius 3 is 2.38 bits per heavy atom. The van der Waals surface area contributed by atoms with E-state index in [1.807, 2.05) is 31.2 Å². The molecule has 0 aromatic heterocycles. The first-order chi connectivity index (χ1) is 7.56. The molecule has 1 aromatic rings. The van der Waals surface area contributed by atoms with E-state index in [-0.39, 0.29) is 6.61 Å². The summed E-state index contributed by atoms with van der Waals surface area (Å²) in [5.41, 5.74) is 1.83. The van der Waals surface area contributed by atoms with Gasteiger partial charge in [-0.3, -0.25) is 9.69 Å². The number of carboxylic acid groups (broad SMARTS) is 1. The van der Waals surface area contributed by atoms with Gasteiger partial charge in [-0.05, 0) is 19.5 Å². The van der Waals surface area contributed by atoms with E-state index in [0.29, 0.717) is 6.54 Å². The van der Waals surface area contributed by atoms with Gasteiger partial charge in [0, 0.05) is 6.54 Å². The fourth-order valence-electron chi connectivity index (χ4n) is 1.62. The maximum absolute atomic E-state index is 11.2. The van der Waals surface area contributed by atoms with Crippen LogP contribution in [-0.2, 0) is 4.79 Å². The highest BCUT2D eigenvalue weighted by molar-refractivity contribution is 5.75. The van der Waals surface area contributed by atoms with Crippen molar-refractivity contribution in [3.63, 3.8) is 0 Å². The maximum Gasteiger partial charge on any atom is 0.325 e. The molecular weight excluding hydrogens is 206 g/mol. The van der Waals surface area contributed by atoms with Crippen molar-refractivity contribution in [3.05, 3.63) is 35.4 Å². The number of carbonyl (C=O) groups is 1. The Morgan fingerprint density at radius 2 is 1.94 bits per heavy atom. The van der Waals surface area contributed by atoms with Gasteiger partial charge in [0.25, 0.3) is 0 Å². The summed E-state index contributed by atoms with van der Waals surface area (Å²) in [4.78, 5) is 12.8. The number of likely N-dealkylation sites (N-methyl/N-ethyl adjacent to an activating group) is 1. The molecular formula is C12H17NO3. The molecule has 0 saturated heterocycles. The molecule has 1 atom stereocenters. The Bertz CT molecular complexity index is 348. The molecule has 0 spiro atoms. The average molecular weight is 223 g/mol. The Kier molecular flexibility index (Phi) is 4.46. The zero-order valence-electron chi connectivity index (χ0n) is 9.55. The average Bonchev–Trinajstić information content (AvgIpc) is 2.21. The Morgan fingerprint density at radius 1 is 1.38 bits per heavy atom. The van der Waals surface area contributed by atoms with Gasteiger partial charge in [-0.15, -0.1) is 0 Å². The highest BCUT2D eigenvalue weighted by Gasteiger charge is 2.23. The van der Waals surface area contributed by atoms with E-state index in [0.717, 1.165) is 11.1 Å². The molecule has 0 aliphatic heterocycles.